The molecule has 0 aliphatic heterocycles. The smallest absolute Gasteiger partial charge is 0.115 e. The molecule has 0 saturated heterocycles. The Morgan fingerprint density at radius 1 is 0.700 bits per heavy atom. The van der Waals surface area contributed by atoms with E-state index in [0.29, 0.717) is 0 Å². The molecule has 0 heterocycles. The summed E-state index contributed by atoms with van der Waals surface area (Å²) in [6.07, 6.45) is 0. The molecule has 0 unspecified atom stereocenters. The van der Waals surface area contributed by atoms with Gasteiger partial charge in [-0.15, -0.1) is 0 Å². The Morgan fingerprint density at radius 2 is 0.900 bits per heavy atom. The van der Waals surface area contributed by atoms with Crippen molar-refractivity contribution in [1.82, 2.24) is 0 Å². The second kappa shape index (κ2) is 7.73. The molecule has 0 bridgehead atoms. The van der Waals surface area contributed by atoms with E-state index < -0.39 is 0 Å². The van der Waals surface area contributed by atoms with Gasteiger partial charge in [-0.05, 0) is 24.3 Å². The average molecular weight is 188 g/mol. The molecule has 4 heteroatoms. The van der Waals surface area contributed by atoms with Crippen LogP contribution in [0.2, 0.25) is 0 Å². The molecule has 10 heavy (non-hydrogen) atoms. The van der Waals surface area contributed by atoms with Crippen molar-refractivity contribution in [1.29, 1.82) is 0 Å². The molecule has 2 nitrogen and oxygen atoms in total. The first-order valence-electron chi connectivity index (χ1n) is 2.27. The fourth-order valence-electron chi connectivity index (χ4n) is 0.453. The van der Waals surface area contributed by atoms with E-state index in [1.165, 1.54) is 24.3 Å². The zero-order valence-corrected chi connectivity index (χ0v) is 12.5. The molecule has 1 rings (SSSR count). The first-order valence-corrected chi connectivity index (χ1v) is 2.27. The quantitative estimate of drug-likeness (QED) is 0.455. The average Bonchev–Trinajstić information content (AvgIpc) is 1.77. The molecule has 0 fully saturated rings. The molecular formula is C6H6K2O2. The normalized spacial score (nSPS) is 7.20. The maximum absolute atomic E-state index is 8.65. The Hall–Kier alpha value is 2.09. The second-order valence-electron chi connectivity index (χ2n) is 1.52. The fraction of sp³-hybridized carbons (Fsp3) is 0. The van der Waals surface area contributed by atoms with Gasteiger partial charge in [-0.1, -0.05) is 0 Å². The molecule has 1 aromatic rings. The number of hydrogen-bond donors (Lipinski definition) is 2. The van der Waals surface area contributed by atoms with Gasteiger partial charge in [0, 0.05) is 103 Å². The fourth-order valence-corrected chi connectivity index (χ4v) is 0.453. The van der Waals surface area contributed by atoms with Crippen LogP contribution in [0.5, 0.6) is 11.5 Å². The van der Waals surface area contributed by atoms with Crippen molar-refractivity contribution >= 4 is 103 Å². The van der Waals surface area contributed by atoms with Crippen LogP contribution in [-0.4, -0.2) is 113 Å². The van der Waals surface area contributed by atoms with Crippen molar-refractivity contribution in [2.75, 3.05) is 0 Å². The summed E-state index contributed by atoms with van der Waals surface area (Å²) >= 11 is 0. The number of phenolic OH excluding ortho intramolecular Hbond substituents is 2. The molecule has 0 aliphatic rings. The third-order valence-corrected chi connectivity index (χ3v) is 0.850. The molecule has 0 spiro atoms. The Kier molecular flexibility index (Phi) is 11.3. The third-order valence-electron chi connectivity index (χ3n) is 0.850. The topological polar surface area (TPSA) is 40.5 Å². The van der Waals surface area contributed by atoms with Gasteiger partial charge in [-0.3, -0.25) is 0 Å². The Labute approximate surface area is 145 Å². The maximum Gasteiger partial charge on any atom is 0.115 e. The van der Waals surface area contributed by atoms with E-state index in [2.05, 4.69) is 0 Å². The van der Waals surface area contributed by atoms with E-state index in [1.807, 2.05) is 0 Å². The summed E-state index contributed by atoms with van der Waals surface area (Å²) in [6, 6.07) is 5.70. The van der Waals surface area contributed by atoms with Gasteiger partial charge in [-0.2, -0.15) is 0 Å². The molecule has 0 saturated carbocycles. The molecule has 2 radical (unpaired) electrons. The monoisotopic (exact) mass is 188 g/mol. The molecule has 44 valence electrons. The Bertz CT molecular complexity index is 153. The number of hydrogen-bond acceptors (Lipinski definition) is 2. The molecule has 2 N–H and O–H groups in total. The Morgan fingerprint density at radius 3 is 1.10 bits per heavy atom. The first-order chi connectivity index (χ1) is 3.79. The van der Waals surface area contributed by atoms with Gasteiger partial charge in [0.25, 0.3) is 0 Å². The van der Waals surface area contributed by atoms with Crippen LogP contribution in [0.3, 0.4) is 0 Å². The van der Waals surface area contributed by atoms with E-state index in [-0.39, 0.29) is 114 Å². The van der Waals surface area contributed by atoms with Crippen LogP contribution >= 0.6 is 0 Å². The predicted molar refractivity (Wildman–Crippen MR) is 41.3 cm³/mol. The summed E-state index contributed by atoms with van der Waals surface area (Å²) in [6.45, 7) is 0. The standard InChI is InChI=1S/C6H6O2.2K/c7-5-1-2-6(8)4-3-5;;/h1-4,7-8H;;. The molecule has 1 aromatic carbocycles. The van der Waals surface area contributed by atoms with E-state index in [1.54, 1.807) is 0 Å². The minimum Gasteiger partial charge on any atom is -0.508 e. The van der Waals surface area contributed by atoms with Crippen molar-refractivity contribution in [3.63, 3.8) is 0 Å². The minimum atomic E-state index is 0. The van der Waals surface area contributed by atoms with E-state index in [0.717, 1.165) is 0 Å². The predicted octanol–water partition coefficient (Wildman–Crippen LogP) is 0.336. The van der Waals surface area contributed by atoms with Gasteiger partial charge in [-0.25, -0.2) is 0 Å². The van der Waals surface area contributed by atoms with Gasteiger partial charge < -0.3 is 10.2 Å². The summed E-state index contributed by atoms with van der Waals surface area (Å²) < 4.78 is 0. The summed E-state index contributed by atoms with van der Waals surface area (Å²) in [5.74, 6) is 0.339. The van der Waals surface area contributed by atoms with Crippen LogP contribution in [0.25, 0.3) is 0 Å². The minimum absolute atomic E-state index is 0. The van der Waals surface area contributed by atoms with Gasteiger partial charge in [0.2, 0.25) is 0 Å². The van der Waals surface area contributed by atoms with Gasteiger partial charge in [0.1, 0.15) is 11.5 Å². The van der Waals surface area contributed by atoms with Crippen LogP contribution < -0.4 is 0 Å². The van der Waals surface area contributed by atoms with Crippen molar-refractivity contribution in [2.45, 2.75) is 0 Å². The molecule has 0 aliphatic carbocycles. The number of aromatic hydroxyl groups is 2. The van der Waals surface area contributed by atoms with Crippen molar-refractivity contribution in [3.8, 4) is 11.5 Å². The zero-order chi connectivity index (χ0) is 5.98. The number of phenols is 2. The van der Waals surface area contributed by atoms with Crippen molar-refractivity contribution in [2.24, 2.45) is 0 Å². The van der Waals surface area contributed by atoms with E-state index in [9.17, 15) is 0 Å². The van der Waals surface area contributed by atoms with Crippen LogP contribution in [0.4, 0.5) is 0 Å². The first kappa shape index (κ1) is 14.6. The number of benzene rings is 1. The molecule has 0 amide bonds. The SMILES string of the molecule is Oc1ccc(O)cc1.[K].[K]. The largest absolute Gasteiger partial charge is 0.508 e. The van der Waals surface area contributed by atoms with E-state index in [4.69, 9.17) is 10.2 Å². The second-order valence-corrected chi connectivity index (χ2v) is 1.52. The van der Waals surface area contributed by atoms with Gasteiger partial charge in [0.15, 0.2) is 0 Å². The van der Waals surface area contributed by atoms with Crippen molar-refractivity contribution < 1.29 is 10.2 Å². The molecular weight excluding hydrogens is 182 g/mol. The molecule has 0 atom stereocenters. The summed E-state index contributed by atoms with van der Waals surface area (Å²) in [5, 5.41) is 17.3. The van der Waals surface area contributed by atoms with Gasteiger partial charge in [0.05, 0.1) is 0 Å². The van der Waals surface area contributed by atoms with Crippen LogP contribution in [-0.2, 0) is 0 Å². The van der Waals surface area contributed by atoms with Crippen LogP contribution in [0.15, 0.2) is 24.3 Å². The molecule has 0 aromatic heterocycles. The third kappa shape index (κ3) is 5.71. The van der Waals surface area contributed by atoms with E-state index >= 15 is 0 Å². The summed E-state index contributed by atoms with van der Waals surface area (Å²) in [7, 11) is 0. The number of rotatable bonds is 0. The Balaban J connectivity index is 0. The van der Waals surface area contributed by atoms with Crippen molar-refractivity contribution in [3.05, 3.63) is 24.3 Å². The van der Waals surface area contributed by atoms with Crippen LogP contribution in [0.1, 0.15) is 0 Å². The summed E-state index contributed by atoms with van der Waals surface area (Å²) in [4.78, 5) is 0. The summed E-state index contributed by atoms with van der Waals surface area (Å²) in [5.41, 5.74) is 0. The zero-order valence-electron chi connectivity index (χ0n) is 6.20. The van der Waals surface area contributed by atoms with Gasteiger partial charge >= 0.3 is 0 Å². The maximum atomic E-state index is 8.65. The van der Waals surface area contributed by atoms with Crippen LogP contribution in [0, 0.1) is 0 Å².